The molecule has 0 radical (unpaired) electrons. The second-order valence-electron chi connectivity index (χ2n) is 7.90. The Hall–Kier alpha value is -3.59. The average molecular weight is 544 g/mol. The van der Waals surface area contributed by atoms with Gasteiger partial charge in [0.25, 0.3) is 5.91 Å². The van der Waals surface area contributed by atoms with Crippen LogP contribution in [0.1, 0.15) is 32.7 Å². The number of rotatable bonds is 7. The molecule has 0 atom stereocenters. The lowest BCUT2D eigenvalue weighted by molar-refractivity contribution is -0.137. The number of alkyl halides is 3. The minimum absolute atomic E-state index is 0.151. The minimum atomic E-state index is -4.41. The third kappa shape index (κ3) is 6.30. The van der Waals surface area contributed by atoms with Crippen molar-refractivity contribution in [3.05, 3.63) is 111 Å². The first-order valence-electron chi connectivity index (χ1n) is 10.7. The monoisotopic (exact) mass is 543 g/mol. The molecule has 0 spiro atoms. The van der Waals surface area contributed by atoms with Crippen LogP contribution in [0.25, 0.3) is 0 Å². The normalized spacial score (nSPS) is 11.3. The fraction of sp³-hybridized carbons (Fsp3) is 0.154. The van der Waals surface area contributed by atoms with Crippen molar-refractivity contribution < 1.29 is 22.7 Å². The first-order chi connectivity index (χ1) is 16.7. The first kappa shape index (κ1) is 24.5. The van der Waals surface area contributed by atoms with Crippen LogP contribution < -0.4 is 10.1 Å². The zero-order valence-corrected chi connectivity index (χ0v) is 20.2. The summed E-state index contributed by atoms with van der Waals surface area (Å²) in [6.07, 6.45) is -4.41. The fourth-order valence-electron chi connectivity index (χ4n) is 3.41. The van der Waals surface area contributed by atoms with Gasteiger partial charge in [-0.3, -0.25) is 9.48 Å². The molecule has 180 valence electrons. The molecule has 1 amide bonds. The van der Waals surface area contributed by atoms with Gasteiger partial charge in [-0.1, -0.05) is 36.4 Å². The van der Waals surface area contributed by atoms with Crippen LogP contribution in [0.5, 0.6) is 5.75 Å². The largest absolute Gasteiger partial charge is 0.488 e. The zero-order valence-electron chi connectivity index (χ0n) is 18.6. The maximum absolute atomic E-state index is 13.0. The number of carbonyl (C=O) groups excluding carboxylic acids is 1. The predicted octanol–water partition coefficient (Wildman–Crippen LogP) is 6.85. The van der Waals surface area contributed by atoms with E-state index in [-0.39, 0.29) is 12.5 Å². The summed E-state index contributed by atoms with van der Waals surface area (Å²) in [5.41, 5.74) is 1.80. The summed E-state index contributed by atoms with van der Waals surface area (Å²) in [7, 11) is 0. The number of aromatic nitrogens is 2. The molecule has 0 saturated carbocycles. The van der Waals surface area contributed by atoms with Crippen molar-refractivity contribution in [3.63, 3.8) is 0 Å². The number of carbonyl (C=O) groups is 1. The Bertz CT molecular complexity index is 1330. The second-order valence-corrected chi connectivity index (χ2v) is 8.75. The lowest BCUT2D eigenvalue weighted by Gasteiger charge is -2.10. The van der Waals surface area contributed by atoms with Crippen LogP contribution in [0.4, 0.5) is 19.0 Å². The number of benzene rings is 3. The van der Waals surface area contributed by atoms with Crippen LogP contribution in [-0.2, 0) is 19.3 Å². The van der Waals surface area contributed by atoms with Crippen LogP contribution in [0.15, 0.2) is 83.3 Å². The molecule has 0 unspecified atom stereocenters. The molecule has 1 heterocycles. The van der Waals surface area contributed by atoms with E-state index in [0.717, 1.165) is 27.9 Å². The topological polar surface area (TPSA) is 56.1 Å². The summed E-state index contributed by atoms with van der Waals surface area (Å²) in [5.74, 6) is 0.707. The maximum Gasteiger partial charge on any atom is 0.416 e. The first-order valence-corrected chi connectivity index (χ1v) is 11.5. The number of hydrogen-bond acceptors (Lipinski definition) is 3. The summed E-state index contributed by atoms with van der Waals surface area (Å²) in [5, 5.41) is 7.07. The van der Waals surface area contributed by atoms with Crippen molar-refractivity contribution in [3.8, 4) is 5.75 Å². The number of amides is 1. The van der Waals surface area contributed by atoms with Crippen molar-refractivity contribution >= 4 is 27.7 Å². The van der Waals surface area contributed by atoms with Gasteiger partial charge in [-0.15, -0.1) is 0 Å². The molecule has 3 aromatic carbocycles. The smallest absolute Gasteiger partial charge is 0.416 e. The van der Waals surface area contributed by atoms with Crippen molar-refractivity contribution in [2.24, 2.45) is 0 Å². The van der Waals surface area contributed by atoms with Crippen molar-refractivity contribution in [1.82, 2.24) is 9.78 Å². The van der Waals surface area contributed by atoms with Gasteiger partial charge < -0.3 is 10.1 Å². The van der Waals surface area contributed by atoms with Crippen LogP contribution in [0, 0.1) is 6.92 Å². The van der Waals surface area contributed by atoms with Crippen molar-refractivity contribution in [1.29, 1.82) is 0 Å². The summed E-state index contributed by atoms with van der Waals surface area (Å²) in [6.45, 7) is 2.28. The summed E-state index contributed by atoms with van der Waals surface area (Å²) in [4.78, 5) is 12.7. The van der Waals surface area contributed by atoms with E-state index in [2.05, 4.69) is 26.3 Å². The molecular formula is C26H21BrF3N3O2. The molecule has 9 heteroatoms. The van der Waals surface area contributed by atoms with Crippen LogP contribution in [-0.4, -0.2) is 15.7 Å². The molecule has 35 heavy (non-hydrogen) atoms. The molecule has 0 aliphatic rings. The molecule has 1 aromatic heterocycles. The number of hydrogen-bond donors (Lipinski definition) is 1. The van der Waals surface area contributed by atoms with Gasteiger partial charge in [0.15, 0.2) is 5.82 Å². The molecule has 0 fully saturated rings. The highest BCUT2D eigenvalue weighted by atomic mass is 79.9. The summed E-state index contributed by atoms with van der Waals surface area (Å²) in [6, 6.07) is 21.3. The number of halogens is 4. The van der Waals surface area contributed by atoms with E-state index < -0.39 is 11.7 Å². The highest BCUT2D eigenvalue weighted by Gasteiger charge is 2.30. The van der Waals surface area contributed by atoms with Crippen LogP contribution in [0.2, 0.25) is 0 Å². The quantitative estimate of drug-likeness (QED) is 0.277. The van der Waals surface area contributed by atoms with E-state index in [4.69, 9.17) is 4.74 Å². The third-order valence-corrected chi connectivity index (χ3v) is 5.91. The van der Waals surface area contributed by atoms with Gasteiger partial charge in [-0.25, -0.2) is 0 Å². The van der Waals surface area contributed by atoms with E-state index >= 15 is 0 Å². The number of nitrogens with one attached hydrogen (secondary N) is 1. The van der Waals surface area contributed by atoms with E-state index in [0.29, 0.717) is 29.2 Å². The van der Waals surface area contributed by atoms with Gasteiger partial charge in [0.2, 0.25) is 0 Å². The van der Waals surface area contributed by atoms with E-state index in [9.17, 15) is 18.0 Å². The average Bonchev–Trinajstić information content (AvgIpc) is 3.16. The van der Waals surface area contributed by atoms with Crippen LogP contribution >= 0.6 is 15.9 Å². The van der Waals surface area contributed by atoms with E-state index in [1.54, 1.807) is 35.9 Å². The van der Waals surface area contributed by atoms with Gasteiger partial charge >= 0.3 is 6.18 Å². The Balaban J connectivity index is 1.38. The molecule has 0 bridgehead atoms. The molecule has 5 nitrogen and oxygen atoms in total. The standard InChI is InChI=1S/C26H21BrF3N3O2/c1-17-13-24(32-33(17)15-19-5-4-6-21(14-19)26(28,29)30)31-25(34)20-11-9-18(10-12-20)16-35-23-8-3-2-7-22(23)27/h2-14H,15-16H2,1H3,(H,31,32,34). The molecule has 4 aromatic rings. The second kappa shape index (κ2) is 10.4. The van der Waals surface area contributed by atoms with Gasteiger partial charge in [0, 0.05) is 17.3 Å². The van der Waals surface area contributed by atoms with Crippen molar-refractivity contribution in [2.75, 3.05) is 5.32 Å². The van der Waals surface area contributed by atoms with Crippen molar-refractivity contribution in [2.45, 2.75) is 26.3 Å². The number of aryl methyl sites for hydroxylation is 1. The maximum atomic E-state index is 13.0. The molecule has 0 aliphatic heterocycles. The van der Waals surface area contributed by atoms with E-state index in [1.807, 2.05) is 36.4 Å². The number of ether oxygens (including phenoxy) is 1. The molecule has 1 N–H and O–H groups in total. The fourth-order valence-corrected chi connectivity index (χ4v) is 3.81. The Morgan fingerprint density at radius 1 is 1.00 bits per heavy atom. The number of para-hydroxylation sites is 1. The Morgan fingerprint density at radius 2 is 1.74 bits per heavy atom. The Morgan fingerprint density at radius 3 is 2.46 bits per heavy atom. The predicted molar refractivity (Wildman–Crippen MR) is 130 cm³/mol. The lowest BCUT2D eigenvalue weighted by atomic mass is 10.1. The summed E-state index contributed by atoms with van der Waals surface area (Å²) < 4.78 is 47.1. The highest BCUT2D eigenvalue weighted by Crippen LogP contribution is 2.30. The van der Waals surface area contributed by atoms with Crippen LogP contribution in [0.3, 0.4) is 0 Å². The molecular weight excluding hydrogens is 523 g/mol. The molecule has 4 rings (SSSR count). The lowest BCUT2D eigenvalue weighted by Crippen LogP contribution is -2.13. The zero-order chi connectivity index (χ0) is 25.0. The van der Waals surface area contributed by atoms with Gasteiger partial charge in [0.05, 0.1) is 16.6 Å². The number of nitrogens with zero attached hydrogens (tertiary/aromatic N) is 2. The summed E-state index contributed by atoms with van der Waals surface area (Å²) >= 11 is 3.44. The number of anilines is 1. The minimum Gasteiger partial charge on any atom is -0.488 e. The Kier molecular flexibility index (Phi) is 7.25. The highest BCUT2D eigenvalue weighted by molar-refractivity contribution is 9.10. The van der Waals surface area contributed by atoms with Gasteiger partial charge in [-0.05, 0) is 70.4 Å². The molecule has 0 saturated heterocycles. The van der Waals surface area contributed by atoms with E-state index in [1.165, 1.54) is 6.07 Å². The van der Waals surface area contributed by atoms with Gasteiger partial charge in [0.1, 0.15) is 12.4 Å². The van der Waals surface area contributed by atoms with Gasteiger partial charge in [-0.2, -0.15) is 18.3 Å². The Labute approximate surface area is 208 Å². The molecule has 0 aliphatic carbocycles. The SMILES string of the molecule is Cc1cc(NC(=O)c2ccc(COc3ccccc3Br)cc2)nn1Cc1cccc(C(F)(F)F)c1. The third-order valence-electron chi connectivity index (χ3n) is 5.26.